The second-order valence-corrected chi connectivity index (χ2v) is 9.51. The summed E-state index contributed by atoms with van der Waals surface area (Å²) in [6.45, 7) is 15.7. The number of aryl methyl sites for hydroxylation is 1. The quantitative estimate of drug-likeness (QED) is 0.776. The Morgan fingerprint density at radius 3 is 2.41 bits per heavy atom. The van der Waals surface area contributed by atoms with E-state index in [9.17, 15) is 9.59 Å². The Morgan fingerprint density at radius 1 is 1.22 bits per heavy atom. The maximum atomic E-state index is 12.8. The highest BCUT2D eigenvalue weighted by Crippen LogP contribution is 2.29. The molecule has 0 unspecified atom stereocenters. The van der Waals surface area contributed by atoms with E-state index < -0.39 is 5.41 Å². The van der Waals surface area contributed by atoms with Crippen LogP contribution in [0.5, 0.6) is 0 Å². The van der Waals surface area contributed by atoms with Gasteiger partial charge in [0.1, 0.15) is 0 Å². The van der Waals surface area contributed by atoms with Crippen LogP contribution in [0, 0.1) is 12.3 Å². The lowest BCUT2D eigenvalue weighted by Crippen LogP contribution is -2.56. The number of carbonyl (C=O) groups excluding carboxylic acids is 2. The lowest BCUT2D eigenvalue weighted by molar-refractivity contribution is -0.123. The topological polar surface area (TPSA) is 70.7 Å². The highest BCUT2D eigenvalue weighted by atomic mass is 32.1. The number of ether oxygens (including phenoxy) is 1. The molecule has 1 aromatic rings. The third-order valence-electron chi connectivity index (χ3n) is 5.21. The Labute approximate surface area is 166 Å². The van der Waals surface area contributed by atoms with Gasteiger partial charge in [0, 0.05) is 30.6 Å². The zero-order chi connectivity index (χ0) is 20.2. The number of carbonyl (C=O) groups is 2. The molecule has 0 saturated carbocycles. The van der Waals surface area contributed by atoms with E-state index in [2.05, 4.69) is 29.4 Å². The average molecular weight is 396 g/mol. The number of nitrogens with one attached hydrogen (secondary N) is 2. The number of hydrogen-bond donors (Lipinski definition) is 2. The predicted octanol–water partition coefficient (Wildman–Crippen LogP) is 3.27. The monoisotopic (exact) mass is 395 g/mol. The van der Waals surface area contributed by atoms with Crippen molar-refractivity contribution in [1.82, 2.24) is 10.2 Å². The fourth-order valence-corrected chi connectivity index (χ4v) is 3.97. The minimum atomic E-state index is -0.471. The van der Waals surface area contributed by atoms with Crippen LogP contribution in [-0.4, -0.2) is 55.1 Å². The minimum Gasteiger partial charge on any atom is -0.379 e. The van der Waals surface area contributed by atoms with Gasteiger partial charge >= 0.3 is 0 Å². The van der Waals surface area contributed by atoms with Crippen molar-refractivity contribution in [3.05, 3.63) is 16.5 Å². The predicted molar refractivity (Wildman–Crippen MR) is 111 cm³/mol. The molecule has 1 aromatic heterocycles. The van der Waals surface area contributed by atoms with E-state index in [1.54, 1.807) is 0 Å². The highest BCUT2D eigenvalue weighted by molar-refractivity contribution is 7.18. The van der Waals surface area contributed by atoms with Crippen LogP contribution in [0.15, 0.2) is 6.07 Å². The minimum absolute atomic E-state index is 0.0541. The summed E-state index contributed by atoms with van der Waals surface area (Å²) in [5, 5.41) is 6.72. The molecule has 1 atom stereocenters. The molecule has 0 spiro atoms. The molecule has 2 amide bonds. The first kappa shape index (κ1) is 21.9. The summed E-state index contributed by atoms with van der Waals surface area (Å²) < 4.78 is 5.45. The molecule has 1 aliphatic rings. The maximum Gasteiger partial charge on any atom is 0.261 e. The summed E-state index contributed by atoms with van der Waals surface area (Å²) in [6.07, 6.45) is 0.948. The SMILES string of the molecule is CC[C@](C)(CNC(=O)c1sc(NC(=O)C(C)(C)C)cc1C)N1CCOCC1. The molecular weight excluding hydrogens is 362 g/mol. The smallest absolute Gasteiger partial charge is 0.261 e. The lowest BCUT2D eigenvalue weighted by Gasteiger charge is -2.43. The van der Waals surface area contributed by atoms with Crippen LogP contribution < -0.4 is 10.6 Å². The fraction of sp³-hybridized carbons (Fsp3) is 0.700. The van der Waals surface area contributed by atoms with Crippen LogP contribution in [0.2, 0.25) is 0 Å². The van der Waals surface area contributed by atoms with Gasteiger partial charge in [0.2, 0.25) is 5.91 Å². The van der Waals surface area contributed by atoms with E-state index in [4.69, 9.17) is 4.74 Å². The molecule has 2 N–H and O–H groups in total. The standard InChI is InChI=1S/C20H33N3O3S/c1-7-20(6,23-8-10-26-11-9-23)13-21-17(24)16-14(2)12-15(27-16)22-18(25)19(3,4)5/h12H,7-11,13H2,1-6H3,(H,21,24)(H,22,25)/t20-/m1/s1. The molecule has 6 nitrogen and oxygen atoms in total. The van der Waals surface area contributed by atoms with E-state index in [0.29, 0.717) is 16.4 Å². The molecule has 1 saturated heterocycles. The second kappa shape index (κ2) is 8.71. The molecule has 0 aromatic carbocycles. The number of rotatable bonds is 6. The Balaban J connectivity index is 2.02. The first-order valence-electron chi connectivity index (χ1n) is 9.60. The van der Waals surface area contributed by atoms with Crippen molar-refractivity contribution in [2.24, 2.45) is 5.41 Å². The third kappa shape index (κ3) is 5.53. The van der Waals surface area contributed by atoms with Gasteiger partial charge in [-0.15, -0.1) is 11.3 Å². The molecular formula is C20H33N3O3S. The van der Waals surface area contributed by atoms with Crippen LogP contribution in [0.3, 0.4) is 0 Å². The number of morpholine rings is 1. The van der Waals surface area contributed by atoms with Gasteiger partial charge in [0.15, 0.2) is 0 Å². The molecule has 2 heterocycles. The number of hydrogen-bond acceptors (Lipinski definition) is 5. The number of anilines is 1. The van der Waals surface area contributed by atoms with Crippen molar-refractivity contribution in [2.45, 2.75) is 53.5 Å². The molecule has 27 heavy (non-hydrogen) atoms. The molecule has 1 aliphatic heterocycles. The largest absolute Gasteiger partial charge is 0.379 e. The molecule has 2 rings (SSSR count). The molecule has 0 aliphatic carbocycles. The normalized spacial score (nSPS) is 18.0. The van der Waals surface area contributed by atoms with Gasteiger partial charge in [-0.3, -0.25) is 14.5 Å². The molecule has 1 fully saturated rings. The van der Waals surface area contributed by atoms with Gasteiger partial charge in [0.05, 0.1) is 23.1 Å². The summed E-state index contributed by atoms with van der Waals surface area (Å²) in [6, 6.07) is 1.87. The summed E-state index contributed by atoms with van der Waals surface area (Å²) in [4.78, 5) is 28.0. The maximum absolute atomic E-state index is 12.8. The Hall–Kier alpha value is -1.44. The van der Waals surface area contributed by atoms with Crippen molar-refractivity contribution in [3.8, 4) is 0 Å². The van der Waals surface area contributed by atoms with Crippen LogP contribution in [0.1, 0.15) is 56.3 Å². The van der Waals surface area contributed by atoms with E-state index >= 15 is 0 Å². The summed E-state index contributed by atoms with van der Waals surface area (Å²) in [7, 11) is 0. The van der Waals surface area contributed by atoms with Crippen molar-refractivity contribution in [3.63, 3.8) is 0 Å². The van der Waals surface area contributed by atoms with Crippen molar-refractivity contribution in [2.75, 3.05) is 38.2 Å². The van der Waals surface area contributed by atoms with Gasteiger partial charge in [-0.05, 0) is 31.9 Å². The van der Waals surface area contributed by atoms with E-state index in [0.717, 1.165) is 38.3 Å². The van der Waals surface area contributed by atoms with Gasteiger partial charge in [-0.1, -0.05) is 27.7 Å². The van der Waals surface area contributed by atoms with Gasteiger partial charge in [-0.25, -0.2) is 0 Å². The van der Waals surface area contributed by atoms with E-state index in [1.807, 2.05) is 33.8 Å². The van der Waals surface area contributed by atoms with Crippen LogP contribution in [0.25, 0.3) is 0 Å². The van der Waals surface area contributed by atoms with E-state index in [-0.39, 0.29) is 17.4 Å². The fourth-order valence-electron chi connectivity index (χ4n) is 2.98. The van der Waals surface area contributed by atoms with Crippen LogP contribution in [0.4, 0.5) is 5.00 Å². The summed E-state index contributed by atoms with van der Waals surface area (Å²) >= 11 is 1.33. The van der Waals surface area contributed by atoms with Gasteiger partial charge < -0.3 is 15.4 Å². The third-order valence-corrected chi connectivity index (χ3v) is 6.36. The van der Waals surface area contributed by atoms with Gasteiger partial charge in [0.25, 0.3) is 5.91 Å². The molecule has 7 heteroatoms. The molecule has 152 valence electrons. The number of nitrogens with zero attached hydrogens (tertiary/aromatic N) is 1. The first-order valence-corrected chi connectivity index (χ1v) is 10.4. The summed E-state index contributed by atoms with van der Waals surface area (Å²) in [5.74, 6) is -0.136. The second-order valence-electron chi connectivity index (χ2n) is 8.46. The van der Waals surface area contributed by atoms with E-state index in [1.165, 1.54) is 11.3 Å². The first-order chi connectivity index (χ1) is 12.6. The Bertz CT molecular complexity index is 675. The zero-order valence-electron chi connectivity index (χ0n) is 17.4. The van der Waals surface area contributed by atoms with Gasteiger partial charge in [-0.2, -0.15) is 0 Å². The Kier molecular flexibility index (Phi) is 7.05. The zero-order valence-corrected chi connectivity index (χ0v) is 18.2. The molecule has 0 bridgehead atoms. The number of amides is 2. The Morgan fingerprint density at radius 2 is 1.85 bits per heavy atom. The van der Waals surface area contributed by atoms with Crippen LogP contribution >= 0.6 is 11.3 Å². The lowest BCUT2D eigenvalue weighted by atomic mass is 9.95. The summed E-state index contributed by atoms with van der Waals surface area (Å²) in [5.41, 5.74) is 0.321. The highest BCUT2D eigenvalue weighted by Gasteiger charge is 2.32. The molecule has 0 radical (unpaired) electrons. The van der Waals surface area contributed by atoms with Crippen molar-refractivity contribution >= 4 is 28.2 Å². The van der Waals surface area contributed by atoms with Crippen molar-refractivity contribution < 1.29 is 14.3 Å². The average Bonchev–Trinajstić information content (AvgIpc) is 2.99. The number of thiophene rings is 1. The van der Waals surface area contributed by atoms with Crippen molar-refractivity contribution in [1.29, 1.82) is 0 Å². The van der Waals surface area contributed by atoms with Crippen LogP contribution in [-0.2, 0) is 9.53 Å².